The van der Waals surface area contributed by atoms with Crippen LogP contribution in [0.25, 0.3) is 0 Å². The van der Waals surface area contributed by atoms with Gasteiger partial charge in [-0.15, -0.1) is 0 Å². The maximum absolute atomic E-state index is 14.9. The smallest absolute Gasteiger partial charge is 0.130 e. The van der Waals surface area contributed by atoms with Crippen LogP contribution in [-0.4, -0.2) is 53.8 Å². The van der Waals surface area contributed by atoms with Gasteiger partial charge in [-0.25, -0.2) is 4.39 Å². The summed E-state index contributed by atoms with van der Waals surface area (Å²) in [5.41, 5.74) is 1.06. The molecule has 2 saturated heterocycles. The van der Waals surface area contributed by atoms with Crippen LogP contribution in [0.3, 0.4) is 0 Å². The van der Waals surface area contributed by atoms with E-state index in [2.05, 4.69) is 42.0 Å². The monoisotopic (exact) mass is 404 g/mol. The summed E-state index contributed by atoms with van der Waals surface area (Å²) in [7, 11) is 2.05. The summed E-state index contributed by atoms with van der Waals surface area (Å²) in [6, 6.07) is 3.21. The highest BCUT2D eigenvalue weighted by Gasteiger charge is 2.24. The quantitative estimate of drug-likeness (QED) is 0.543. The fraction of sp³-hybridized carbons (Fsp3) is 0.500. The highest BCUT2D eigenvalue weighted by molar-refractivity contribution is 6.31. The molecule has 0 amide bonds. The zero-order valence-electron chi connectivity index (χ0n) is 16.8. The lowest BCUT2D eigenvalue weighted by Crippen LogP contribution is -2.28. The van der Waals surface area contributed by atoms with Gasteiger partial charge in [0.2, 0.25) is 0 Å². The highest BCUT2D eigenvalue weighted by atomic mass is 35.5. The summed E-state index contributed by atoms with van der Waals surface area (Å²) in [6.45, 7) is 6.05. The van der Waals surface area contributed by atoms with Gasteiger partial charge in [0.15, 0.2) is 0 Å². The van der Waals surface area contributed by atoms with E-state index in [0.29, 0.717) is 28.5 Å². The number of hydrogen-bond acceptors (Lipinski definition) is 3. The number of amidine groups is 1. The minimum atomic E-state index is -0.332. The molecule has 6 heteroatoms. The van der Waals surface area contributed by atoms with Crippen molar-refractivity contribution in [2.75, 3.05) is 33.2 Å². The van der Waals surface area contributed by atoms with Crippen molar-refractivity contribution >= 4 is 17.4 Å². The van der Waals surface area contributed by atoms with E-state index < -0.39 is 0 Å². The third-order valence-corrected chi connectivity index (χ3v) is 5.78. The molecule has 0 aliphatic carbocycles. The predicted octanol–water partition coefficient (Wildman–Crippen LogP) is 4.85. The Morgan fingerprint density at radius 1 is 1.21 bits per heavy atom. The maximum atomic E-state index is 14.9. The van der Waals surface area contributed by atoms with Crippen molar-refractivity contribution < 1.29 is 4.39 Å². The Bertz CT molecular complexity index is 745. The van der Waals surface area contributed by atoms with Crippen LogP contribution >= 0.6 is 11.6 Å². The molecule has 152 valence electrons. The summed E-state index contributed by atoms with van der Waals surface area (Å²) in [5, 5.41) is 8.75. The van der Waals surface area contributed by atoms with Crippen molar-refractivity contribution in [1.82, 2.24) is 14.7 Å². The van der Waals surface area contributed by atoms with Gasteiger partial charge in [0, 0.05) is 55.9 Å². The maximum Gasteiger partial charge on any atom is 0.130 e. The minimum Gasteiger partial charge on any atom is -0.360 e. The molecule has 2 aliphatic heterocycles. The second-order valence-corrected chi connectivity index (χ2v) is 7.95. The number of likely N-dealkylation sites (tertiary alicyclic amines) is 1. The summed E-state index contributed by atoms with van der Waals surface area (Å²) in [4.78, 5) is 6.33. The zero-order chi connectivity index (χ0) is 20.1. The van der Waals surface area contributed by atoms with Crippen LogP contribution in [0.5, 0.6) is 0 Å². The van der Waals surface area contributed by atoms with Crippen LogP contribution < -0.4 is 0 Å². The highest BCUT2D eigenvalue weighted by Crippen LogP contribution is 2.28. The topological polar surface area (TPSA) is 33.6 Å². The summed E-state index contributed by atoms with van der Waals surface area (Å²) in [5.74, 6) is 1.12. The third-order valence-electron chi connectivity index (χ3n) is 5.44. The molecule has 0 unspecified atom stereocenters. The third kappa shape index (κ3) is 4.69. The molecule has 2 aliphatic rings. The Labute approximate surface area is 172 Å². The van der Waals surface area contributed by atoms with Gasteiger partial charge in [0.25, 0.3) is 0 Å². The van der Waals surface area contributed by atoms with Gasteiger partial charge < -0.3 is 14.7 Å². The molecule has 0 bridgehead atoms. The SMILES string of the molecule is CCC/C=C\C=C1/N(C)CCN1Cc1c(F)cc(C(=N)N2CCCC2)cc1Cl. The number of nitrogens with one attached hydrogen (secondary N) is 1. The lowest BCUT2D eigenvalue weighted by atomic mass is 10.1. The molecule has 0 spiro atoms. The Morgan fingerprint density at radius 2 is 1.96 bits per heavy atom. The molecule has 0 atom stereocenters. The van der Waals surface area contributed by atoms with Crippen molar-refractivity contribution in [3.05, 3.63) is 58.1 Å². The van der Waals surface area contributed by atoms with Crippen molar-refractivity contribution in [3.8, 4) is 0 Å². The van der Waals surface area contributed by atoms with E-state index in [1.807, 2.05) is 4.90 Å². The first kappa shape index (κ1) is 20.7. The average Bonchev–Trinajstić information content (AvgIpc) is 3.32. The van der Waals surface area contributed by atoms with Gasteiger partial charge in [0.1, 0.15) is 17.5 Å². The summed E-state index contributed by atoms with van der Waals surface area (Å²) >= 11 is 6.46. The lowest BCUT2D eigenvalue weighted by Gasteiger charge is -2.24. The zero-order valence-corrected chi connectivity index (χ0v) is 17.6. The number of unbranched alkanes of at least 4 members (excludes halogenated alkanes) is 1. The number of nitrogens with zero attached hydrogens (tertiary/aromatic N) is 3. The molecule has 28 heavy (non-hydrogen) atoms. The van der Waals surface area contributed by atoms with Crippen molar-refractivity contribution in [2.24, 2.45) is 0 Å². The van der Waals surface area contributed by atoms with Crippen LogP contribution in [-0.2, 0) is 6.54 Å². The fourth-order valence-corrected chi connectivity index (χ4v) is 4.02. The van der Waals surface area contributed by atoms with E-state index in [0.717, 1.165) is 57.7 Å². The second kappa shape index (κ2) is 9.46. The van der Waals surface area contributed by atoms with Crippen LogP contribution in [0.1, 0.15) is 43.7 Å². The molecular weight excluding hydrogens is 375 g/mol. The Kier molecular flexibility index (Phi) is 7.00. The van der Waals surface area contributed by atoms with Crippen LogP contribution in [0.15, 0.2) is 36.2 Å². The predicted molar refractivity (Wildman–Crippen MR) is 114 cm³/mol. The largest absolute Gasteiger partial charge is 0.360 e. The normalized spacial score (nSPS) is 18.9. The molecule has 0 saturated carbocycles. The minimum absolute atomic E-state index is 0.332. The first-order valence-electron chi connectivity index (χ1n) is 10.2. The van der Waals surface area contributed by atoms with E-state index in [1.54, 1.807) is 6.07 Å². The molecule has 1 aromatic rings. The van der Waals surface area contributed by atoms with Crippen LogP contribution in [0, 0.1) is 11.2 Å². The number of allylic oxidation sites excluding steroid dienone is 3. The average molecular weight is 405 g/mol. The Hall–Kier alpha value is -2.01. The molecule has 2 heterocycles. The van der Waals surface area contributed by atoms with Gasteiger partial charge in [-0.3, -0.25) is 5.41 Å². The number of benzene rings is 1. The lowest BCUT2D eigenvalue weighted by molar-refractivity contribution is 0.353. The van der Waals surface area contributed by atoms with Gasteiger partial charge in [-0.05, 0) is 37.5 Å². The standard InChI is InChI=1S/C22H30ClFN4/c1-3-4-5-6-9-21-26(2)12-13-28(21)16-18-19(23)14-17(15-20(18)24)22(25)27-10-7-8-11-27/h5-6,9,14-15,25H,3-4,7-8,10-13,16H2,1-2H3/b6-5-,21-9+,25-22?. The molecule has 1 N–H and O–H groups in total. The molecule has 3 rings (SSSR count). The fourth-order valence-electron chi connectivity index (χ4n) is 3.76. The first-order chi connectivity index (χ1) is 13.5. The van der Waals surface area contributed by atoms with E-state index in [1.165, 1.54) is 6.07 Å². The van der Waals surface area contributed by atoms with Gasteiger partial charge in [0.05, 0.1) is 0 Å². The van der Waals surface area contributed by atoms with E-state index in [-0.39, 0.29) is 5.82 Å². The molecular formula is C22H30ClFN4. The van der Waals surface area contributed by atoms with Crippen LogP contribution in [0.2, 0.25) is 5.02 Å². The van der Waals surface area contributed by atoms with E-state index >= 15 is 0 Å². The molecule has 1 aromatic carbocycles. The molecule has 4 nitrogen and oxygen atoms in total. The van der Waals surface area contributed by atoms with Crippen LogP contribution in [0.4, 0.5) is 4.39 Å². The Balaban J connectivity index is 1.77. The van der Waals surface area contributed by atoms with E-state index in [9.17, 15) is 4.39 Å². The number of rotatable bonds is 6. The van der Waals surface area contributed by atoms with Crippen molar-refractivity contribution in [2.45, 2.75) is 39.2 Å². The number of likely N-dealkylation sites (N-methyl/N-ethyl adjacent to an activating group) is 1. The first-order valence-corrected chi connectivity index (χ1v) is 10.5. The second-order valence-electron chi connectivity index (χ2n) is 7.55. The van der Waals surface area contributed by atoms with E-state index in [4.69, 9.17) is 17.0 Å². The van der Waals surface area contributed by atoms with Gasteiger partial charge in [-0.2, -0.15) is 0 Å². The van der Waals surface area contributed by atoms with Crippen molar-refractivity contribution in [1.29, 1.82) is 5.41 Å². The summed E-state index contributed by atoms with van der Waals surface area (Å²) in [6.07, 6.45) is 10.7. The number of halogens is 2. The summed E-state index contributed by atoms with van der Waals surface area (Å²) < 4.78 is 14.9. The number of hydrogen-bond donors (Lipinski definition) is 1. The van der Waals surface area contributed by atoms with Gasteiger partial charge >= 0.3 is 0 Å². The molecule has 2 fully saturated rings. The molecule has 0 radical (unpaired) electrons. The van der Waals surface area contributed by atoms with Crippen molar-refractivity contribution in [3.63, 3.8) is 0 Å². The molecule has 0 aromatic heterocycles. The van der Waals surface area contributed by atoms with Gasteiger partial charge in [-0.1, -0.05) is 37.1 Å². The Morgan fingerprint density at radius 3 is 2.64 bits per heavy atom.